The Morgan fingerprint density at radius 1 is 1.39 bits per heavy atom. The fraction of sp³-hybridized carbons (Fsp3) is 0.846. The quantitative estimate of drug-likeness (QED) is 0.741. The Kier molecular flexibility index (Phi) is 4.58. The van der Waals surface area contributed by atoms with Crippen LogP contribution in [0.4, 0.5) is 4.79 Å². The van der Waals surface area contributed by atoms with Crippen LogP contribution >= 0.6 is 0 Å². The highest BCUT2D eigenvalue weighted by atomic mass is 16.5. The molecule has 5 heteroatoms. The molecule has 0 spiro atoms. The van der Waals surface area contributed by atoms with Crippen molar-refractivity contribution in [3.05, 3.63) is 0 Å². The second kappa shape index (κ2) is 5.57. The molecule has 1 amide bonds. The van der Waals surface area contributed by atoms with Gasteiger partial charge >= 0.3 is 6.09 Å². The fourth-order valence-electron chi connectivity index (χ4n) is 2.46. The third kappa shape index (κ3) is 3.61. The minimum Gasteiger partial charge on any atom is -0.452 e. The second-order valence-corrected chi connectivity index (χ2v) is 6.08. The van der Waals surface area contributed by atoms with E-state index in [4.69, 9.17) is 0 Å². The molecule has 1 aliphatic rings. The summed E-state index contributed by atoms with van der Waals surface area (Å²) in [6.45, 7) is 6.70. The number of carbonyl (C=O) groups is 1. The van der Waals surface area contributed by atoms with E-state index in [1.54, 1.807) is 0 Å². The number of nitrogens with one attached hydrogen (secondary N) is 2. The van der Waals surface area contributed by atoms with Crippen LogP contribution < -0.4 is 10.9 Å². The van der Waals surface area contributed by atoms with Crippen molar-refractivity contribution in [2.75, 3.05) is 7.11 Å². The zero-order chi connectivity index (χ0) is 13.8. The number of nitriles is 1. The molecule has 0 aliphatic heterocycles. The van der Waals surface area contributed by atoms with Gasteiger partial charge in [0.1, 0.15) is 5.54 Å². The molecule has 1 fully saturated rings. The van der Waals surface area contributed by atoms with Gasteiger partial charge in [0.25, 0.3) is 0 Å². The number of ether oxygens (including phenoxy) is 1. The zero-order valence-electron chi connectivity index (χ0n) is 11.7. The number of rotatable bonds is 2. The van der Waals surface area contributed by atoms with Crippen LogP contribution in [0.15, 0.2) is 0 Å². The normalized spacial score (nSPS) is 28.3. The molecule has 1 rings (SSSR count). The van der Waals surface area contributed by atoms with Gasteiger partial charge in [0.05, 0.1) is 13.2 Å². The van der Waals surface area contributed by atoms with Crippen molar-refractivity contribution >= 4 is 6.09 Å². The van der Waals surface area contributed by atoms with Gasteiger partial charge in [-0.05, 0) is 37.0 Å². The molecular formula is C13H23N3O2. The second-order valence-electron chi connectivity index (χ2n) is 6.08. The topological polar surface area (TPSA) is 74.2 Å². The highest BCUT2D eigenvalue weighted by Crippen LogP contribution is 2.40. The fourth-order valence-corrected chi connectivity index (χ4v) is 2.46. The Morgan fingerprint density at radius 3 is 2.33 bits per heavy atom. The van der Waals surface area contributed by atoms with Gasteiger partial charge in [0, 0.05) is 0 Å². The number of hydrazine groups is 1. The third-order valence-electron chi connectivity index (χ3n) is 3.87. The lowest BCUT2D eigenvalue weighted by Gasteiger charge is -2.40. The first-order chi connectivity index (χ1) is 8.33. The van der Waals surface area contributed by atoms with Gasteiger partial charge in [-0.1, -0.05) is 20.8 Å². The largest absolute Gasteiger partial charge is 0.452 e. The number of carbonyl (C=O) groups excluding carboxylic acids is 1. The molecule has 0 bridgehead atoms. The predicted octanol–water partition coefficient (Wildman–Crippen LogP) is 2.35. The van der Waals surface area contributed by atoms with Gasteiger partial charge in [-0.25, -0.2) is 10.2 Å². The van der Waals surface area contributed by atoms with E-state index in [1.807, 2.05) is 0 Å². The Bertz CT molecular complexity index is 333. The van der Waals surface area contributed by atoms with Crippen molar-refractivity contribution < 1.29 is 9.53 Å². The Hall–Kier alpha value is -1.28. The molecule has 0 unspecified atom stereocenters. The summed E-state index contributed by atoms with van der Waals surface area (Å²) in [5.41, 5.74) is 4.85. The van der Waals surface area contributed by atoms with Crippen molar-refractivity contribution in [2.45, 2.75) is 52.0 Å². The van der Waals surface area contributed by atoms with Crippen molar-refractivity contribution in [2.24, 2.45) is 11.3 Å². The maximum Gasteiger partial charge on any atom is 0.421 e. The minimum absolute atomic E-state index is 0.275. The number of hydrogen-bond acceptors (Lipinski definition) is 4. The SMILES string of the molecule is COC(=O)NNC1(C#N)CCC(C(C)(C)C)CC1. The standard InChI is InChI=1S/C13H23N3O2/c1-12(2,3)10-5-7-13(9-14,8-6-10)16-15-11(17)18-4/h10,16H,5-8H2,1-4H3,(H,15,17). The van der Waals surface area contributed by atoms with Crippen LogP contribution in [-0.4, -0.2) is 18.7 Å². The molecule has 18 heavy (non-hydrogen) atoms. The van der Waals surface area contributed by atoms with E-state index in [0.29, 0.717) is 5.92 Å². The molecule has 1 saturated carbocycles. The summed E-state index contributed by atoms with van der Waals surface area (Å²) in [7, 11) is 1.30. The Morgan fingerprint density at radius 2 is 1.94 bits per heavy atom. The summed E-state index contributed by atoms with van der Waals surface area (Å²) >= 11 is 0. The van der Waals surface area contributed by atoms with Gasteiger partial charge in [-0.2, -0.15) is 5.26 Å². The van der Waals surface area contributed by atoms with Crippen molar-refractivity contribution in [1.82, 2.24) is 10.9 Å². The molecular weight excluding hydrogens is 230 g/mol. The summed E-state index contributed by atoms with van der Waals surface area (Å²) in [6, 6.07) is 2.29. The predicted molar refractivity (Wildman–Crippen MR) is 68.4 cm³/mol. The van der Waals surface area contributed by atoms with Crippen LogP contribution in [0.1, 0.15) is 46.5 Å². The molecule has 2 N–H and O–H groups in total. The van der Waals surface area contributed by atoms with Gasteiger partial charge in [-0.15, -0.1) is 0 Å². The lowest BCUT2D eigenvalue weighted by Crippen LogP contribution is -2.55. The summed E-state index contributed by atoms with van der Waals surface area (Å²) in [5, 5.41) is 9.31. The molecule has 0 atom stereocenters. The lowest BCUT2D eigenvalue weighted by atomic mass is 9.68. The van der Waals surface area contributed by atoms with Crippen LogP contribution in [0.5, 0.6) is 0 Å². The number of methoxy groups -OCH3 is 1. The van der Waals surface area contributed by atoms with Crippen molar-refractivity contribution in [1.29, 1.82) is 5.26 Å². The molecule has 0 aromatic rings. The van der Waals surface area contributed by atoms with Crippen LogP contribution in [0, 0.1) is 22.7 Å². The van der Waals surface area contributed by atoms with E-state index in [2.05, 4.69) is 42.4 Å². The Balaban J connectivity index is 2.56. The number of amides is 1. The van der Waals surface area contributed by atoms with Gasteiger partial charge in [0.2, 0.25) is 0 Å². The lowest BCUT2D eigenvalue weighted by molar-refractivity contribution is 0.121. The summed E-state index contributed by atoms with van der Waals surface area (Å²) in [5.74, 6) is 0.624. The van der Waals surface area contributed by atoms with Crippen LogP contribution in [-0.2, 0) is 4.74 Å². The molecule has 5 nitrogen and oxygen atoms in total. The van der Waals surface area contributed by atoms with E-state index in [1.165, 1.54) is 7.11 Å². The molecule has 0 aromatic carbocycles. The average molecular weight is 253 g/mol. The number of hydrogen-bond donors (Lipinski definition) is 2. The highest BCUT2D eigenvalue weighted by molar-refractivity contribution is 5.66. The van der Waals surface area contributed by atoms with E-state index in [9.17, 15) is 10.1 Å². The van der Waals surface area contributed by atoms with Crippen LogP contribution in [0.25, 0.3) is 0 Å². The first-order valence-corrected chi connectivity index (χ1v) is 6.35. The van der Waals surface area contributed by atoms with Crippen LogP contribution in [0.3, 0.4) is 0 Å². The first kappa shape index (κ1) is 14.8. The first-order valence-electron chi connectivity index (χ1n) is 6.35. The molecule has 102 valence electrons. The maximum atomic E-state index is 11.0. The Labute approximate surface area is 109 Å². The molecule has 0 radical (unpaired) electrons. The van der Waals surface area contributed by atoms with Gasteiger partial charge in [-0.3, -0.25) is 5.43 Å². The van der Waals surface area contributed by atoms with E-state index in [-0.39, 0.29) is 5.41 Å². The van der Waals surface area contributed by atoms with Crippen molar-refractivity contribution in [3.8, 4) is 6.07 Å². The average Bonchev–Trinajstić information content (AvgIpc) is 2.35. The summed E-state index contributed by atoms with van der Waals surface area (Å²) < 4.78 is 4.48. The van der Waals surface area contributed by atoms with E-state index >= 15 is 0 Å². The smallest absolute Gasteiger partial charge is 0.421 e. The highest BCUT2D eigenvalue weighted by Gasteiger charge is 2.39. The van der Waals surface area contributed by atoms with Gasteiger partial charge < -0.3 is 4.74 Å². The van der Waals surface area contributed by atoms with Crippen molar-refractivity contribution in [3.63, 3.8) is 0 Å². The third-order valence-corrected chi connectivity index (χ3v) is 3.87. The maximum absolute atomic E-state index is 11.0. The minimum atomic E-state index is -0.657. The van der Waals surface area contributed by atoms with Gasteiger partial charge in [0.15, 0.2) is 0 Å². The molecule has 0 saturated heterocycles. The van der Waals surface area contributed by atoms with E-state index in [0.717, 1.165) is 25.7 Å². The number of nitrogens with zero attached hydrogens (tertiary/aromatic N) is 1. The molecule has 1 aliphatic carbocycles. The van der Waals surface area contributed by atoms with Crippen LogP contribution in [0.2, 0.25) is 0 Å². The molecule has 0 aromatic heterocycles. The molecule has 0 heterocycles. The zero-order valence-corrected chi connectivity index (χ0v) is 11.7. The summed E-state index contributed by atoms with van der Waals surface area (Å²) in [4.78, 5) is 11.0. The van der Waals surface area contributed by atoms with E-state index < -0.39 is 11.6 Å². The monoisotopic (exact) mass is 253 g/mol. The summed E-state index contributed by atoms with van der Waals surface area (Å²) in [6.07, 6.45) is 2.91.